The van der Waals surface area contributed by atoms with Crippen LogP contribution in [0.15, 0.2) is 18.3 Å². The first-order chi connectivity index (χ1) is 8.61. The van der Waals surface area contributed by atoms with Crippen molar-refractivity contribution >= 4 is 5.69 Å². The molecule has 0 radical (unpaired) electrons. The van der Waals surface area contributed by atoms with Crippen LogP contribution in [0.5, 0.6) is 0 Å². The number of aromatic nitrogens is 1. The van der Waals surface area contributed by atoms with Gasteiger partial charge in [-0.25, -0.2) is 0 Å². The van der Waals surface area contributed by atoms with Gasteiger partial charge in [0.05, 0.1) is 29.8 Å². The maximum atomic E-state index is 9.89. The van der Waals surface area contributed by atoms with Crippen LogP contribution in [0.4, 0.5) is 5.69 Å². The molecule has 1 aromatic rings. The molecule has 0 bridgehead atoms. The monoisotopic (exact) mass is 250 g/mol. The summed E-state index contributed by atoms with van der Waals surface area (Å²) in [6, 6.07) is 3.85. The number of aliphatic hydroxyl groups is 2. The van der Waals surface area contributed by atoms with Crippen molar-refractivity contribution in [2.45, 2.75) is 38.9 Å². The van der Waals surface area contributed by atoms with Gasteiger partial charge >= 0.3 is 0 Å². The molecule has 100 valence electrons. The second-order valence-corrected chi connectivity index (χ2v) is 5.14. The molecule has 0 aliphatic carbocycles. The summed E-state index contributed by atoms with van der Waals surface area (Å²) < 4.78 is 0. The van der Waals surface area contributed by atoms with Crippen LogP contribution >= 0.6 is 0 Å². The highest BCUT2D eigenvalue weighted by Gasteiger charge is 2.24. The fourth-order valence-corrected chi connectivity index (χ4v) is 2.27. The molecule has 4 heteroatoms. The summed E-state index contributed by atoms with van der Waals surface area (Å²) >= 11 is 0. The summed E-state index contributed by atoms with van der Waals surface area (Å²) in [5.74, 6) is 0.371. The Kier molecular flexibility index (Phi) is 4.19. The molecule has 1 saturated heterocycles. The predicted molar refractivity (Wildman–Crippen MR) is 71.5 cm³/mol. The third kappa shape index (κ3) is 2.82. The van der Waals surface area contributed by atoms with Gasteiger partial charge in [-0.05, 0) is 30.9 Å². The zero-order valence-corrected chi connectivity index (χ0v) is 11.1. The fourth-order valence-electron chi connectivity index (χ4n) is 2.27. The third-order valence-corrected chi connectivity index (χ3v) is 3.78. The van der Waals surface area contributed by atoms with Crippen LogP contribution in [-0.2, 0) is 0 Å². The minimum atomic E-state index is -0.481. The molecule has 2 N–H and O–H groups in total. The molecule has 0 amide bonds. The fraction of sp³-hybridized carbons (Fsp3) is 0.643. The van der Waals surface area contributed by atoms with Crippen LogP contribution in [0.25, 0.3) is 0 Å². The summed E-state index contributed by atoms with van der Waals surface area (Å²) in [5.41, 5.74) is 1.74. The molecule has 1 aliphatic rings. The van der Waals surface area contributed by atoms with Crippen LogP contribution in [-0.4, -0.2) is 34.4 Å². The Bertz CT molecular complexity index is 380. The van der Waals surface area contributed by atoms with Crippen molar-refractivity contribution in [2.75, 3.05) is 18.0 Å². The number of pyridine rings is 1. The van der Waals surface area contributed by atoms with E-state index in [1.165, 1.54) is 0 Å². The van der Waals surface area contributed by atoms with Crippen molar-refractivity contribution in [3.63, 3.8) is 0 Å². The number of nitrogens with zero attached hydrogens (tertiary/aromatic N) is 2. The highest BCUT2D eigenvalue weighted by Crippen LogP contribution is 2.24. The van der Waals surface area contributed by atoms with E-state index in [1.807, 2.05) is 19.1 Å². The number of anilines is 1. The Morgan fingerprint density at radius 3 is 2.83 bits per heavy atom. The number of hydrogen-bond acceptors (Lipinski definition) is 4. The minimum absolute atomic E-state index is 0.264. The average Bonchev–Trinajstić information content (AvgIpc) is 2.41. The number of β-amino-alcohol motifs (C(OH)–C–C–N with tert-alkyl or cyclic N) is 1. The number of hydrogen-bond donors (Lipinski definition) is 2. The maximum absolute atomic E-state index is 9.89. The van der Waals surface area contributed by atoms with Crippen LogP contribution in [0.3, 0.4) is 0 Å². The molecule has 2 unspecified atom stereocenters. The van der Waals surface area contributed by atoms with E-state index in [0.29, 0.717) is 24.6 Å². The minimum Gasteiger partial charge on any atom is -0.391 e. The second kappa shape index (κ2) is 5.67. The van der Waals surface area contributed by atoms with Gasteiger partial charge in [-0.1, -0.05) is 13.8 Å². The lowest BCUT2D eigenvalue weighted by Gasteiger charge is -2.35. The van der Waals surface area contributed by atoms with E-state index >= 15 is 0 Å². The topological polar surface area (TPSA) is 56.6 Å². The first kappa shape index (κ1) is 13.3. The van der Waals surface area contributed by atoms with Crippen LogP contribution in [0.2, 0.25) is 0 Å². The zero-order valence-electron chi connectivity index (χ0n) is 11.1. The van der Waals surface area contributed by atoms with E-state index in [0.717, 1.165) is 18.7 Å². The van der Waals surface area contributed by atoms with E-state index in [2.05, 4.69) is 16.8 Å². The lowest BCUT2D eigenvalue weighted by atomic mass is 9.96. The number of rotatable bonds is 3. The Morgan fingerprint density at radius 2 is 2.28 bits per heavy atom. The van der Waals surface area contributed by atoms with Crippen LogP contribution < -0.4 is 4.90 Å². The van der Waals surface area contributed by atoms with E-state index in [9.17, 15) is 10.2 Å². The molecule has 2 heterocycles. The highest BCUT2D eigenvalue weighted by atomic mass is 16.3. The molecule has 0 aromatic carbocycles. The van der Waals surface area contributed by atoms with Crippen molar-refractivity contribution in [3.05, 3.63) is 24.0 Å². The molecule has 0 spiro atoms. The van der Waals surface area contributed by atoms with E-state index in [1.54, 1.807) is 6.20 Å². The SMILES string of the molecule is CC[C@@H](O)c1ccc(N2CCC(C)C(O)C2)cn1. The molecule has 1 fully saturated rings. The largest absolute Gasteiger partial charge is 0.391 e. The van der Waals surface area contributed by atoms with Gasteiger partial charge in [0.25, 0.3) is 0 Å². The van der Waals surface area contributed by atoms with Crippen molar-refractivity contribution in [2.24, 2.45) is 5.92 Å². The van der Waals surface area contributed by atoms with Gasteiger partial charge in [-0.3, -0.25) is 4.98 Å². The van der Waals surface area contributed by atoms with Crippen molar-refractivity contribution in [3.8, 4) is 0 Å². The van der Waals surface area contributed by atoms with Gasteiger partial charge < -0.3 is 15.1 Å². The van der Waals surface area contributed by atoms with Gasteiger partial charge in [0.2, 0.25) is 0 Å². The summed E-state index contributed by atoms with van der Waals surface area (Å²) in [6.45, 7) is 5.64. The summed E-state index contributed by atoms with van der Waals surface area (Å²) in [4.78, 5) is 6.45. The van der Waals surface area contributed by atoms with Gasteiger partial charge in [0, 0.05) is 13.1 Å². The Balaban J connectivity index is 2.06. The summed E-state index contributed by atoms with van der Waals surface area (Å²) in [5, 5.41) is 19.6. The molecule has 2 rings (SSSR count). The van der Waals surface area contributed by atoms with Crippen LogP contribution in [0, 0.1) is 5.92 Å². The first-order valence-electron chi connectivity index (χ1n) is 6.68. The normalized spacial score (nSPS) is 26.1. The molecular formula is C14H22N2O2. The van der Waals surface area contributed by atoms with Gasteiger partial charge in [0.15, 0.2) is 0 Å². The van der Waals surface area contributed by atoms with Crippen molar-refractivity contribution < 1.29 is 10.2 Å². The smallest absolute Gasteiger partial charge is 0.0957 e. The molecule has 3 atom stereocenters. The Labute approximate surface area is 108 Å². The van der Waals surface area contributed by atoms with Gasteiger partial charge in [0.1, 0.15) is 0 Å². The van der Waals surface area contributed by atoms with E-state index in [-0.39, 0.29) is 6.10 Å². The van der Waals surface area contributed by atoms with Crippen LogP contribution in [0.1, 0.15) is 38.5 Å². The molecule has 1 aliphatic heterocycles. The molecule has 0 saturated carbocycles. The summed E-state index contributed by atoms with van der Waals surface area (Å²) in [6.07, 6.45) is 2.72. The molecule has 1 aromatic heterocycles. The summed E-state index contributed by atoms with van der Waals surface area (Å²) in [7, 11) is 0. The molecular weight excluding hydrogens is 228 g/mol. The van der Waals surface area contributed by atoms with Gasteiger partial charge in [-0.15, -0.1) is 0 Å². The first-order valence-corrected chi connectivity index (χ1v) is 6.68. The highest BCUT2D eigenvalue weighted by molar-refractivity contribution is 5.45. The Hall–Kier alpha value is -1.13. The predicted octanol–water partition coefficient (Wildman–Crippen LogP) is 1.73. The molecule has 4 nitrogen and oxygen atoms in total. The van der Waals surface area contributed by atoms with E-state index < -0.39 is 6.10 Å². The zero-order chi connectivity index (χ0) is 13.1. The average molecular weight is 250 g/mol. The van der Waals surface area contributed by atoms with Crippen molar-refractivity contribution in [1.29, 1.82) is 0 Å². The Morgan fingerprint density at radius 1 is 1.50 bits per heavy atom. The lowest BCUT2D eigenvalue weighted by molar-refractivity contribution is 0.103. The number of aliphatic hydroxyl groups excluding tert-OH is 2. The van der Waals surface area contributed by atoms with Gasteiger partial charge in [-0.2, -0.15) is 0 Å². The second-order valence-electron chi connectivity index (χ2n) is 5.14. The lowest BCUT2D eigenvalue weighted by Crippen LogP contribution is -2.42. The molecule has 18 heavy (non-hydrogen) atoms. The quantitative estimate of drug-likeness (QED) is 0.858. The van der Waals surface area contributed by atoms with E-state index in [4.69, 9.17) is 0 Å². The third-order valence-electron chi connectivity index (χ3n) is 3.78. The number of piperidine rings is 1. The standard InChI is InChI=1S/C14H22N2O2/c1-3-13(17)12-5-4-11(8-15-12)16-7-6-10(2)14(18)9-16/h4-5,8,10,13-14,17-18H,3,6-7,9H2,1-2H3/t10?,13-,14?/m1/s1. The maximum Gasteiger partial charge on any atom is 0.0957 e. The van der Waals surface area contributed by atoms with Crippen molar-refractivity contribution in [1.82, 2.24) is 4.98 Å².